The second-order valence-electron chi connectivity index (χ2n) is 9.00. The molecule has 0 fully saturated rings. The van der Waals surface area contributed by atoms with E-state index in [1.165, 1.54) is 9.90 Å². The highest BCUT2D eigenvalue weighted by atomic mass is 32.2. The molecule has 0 radical (unpaired) electrons. The molecular formula is C33H26N4OS. The van der Waals surface area contributed by atoms with Crippen LogP contribution in [0.1, 0.15) is 18.1 Å². The molecule has 1 aliphatic rings. The van der Waals surface area contributed by atoms with Crippen LogP contribution >= 0.6 is 11.8 Å². The maximum absolute atomic E-state index is 13.8. The van der Waals surface area contributed by atoms with Crippen LogP contribution in [0.15, 0.2) is 137 Å². The lowest BCUT2D eigenvalue weighted by Crippen LogP contribution is -2.21. The quantitative estimate of drug-likeness (QED) is 0.163. The fourth-order valence-electron chi connectivity index (χ4n) is 4.56. The maximum Gasteiger partial charge on any atom is 0.281 e. The lowest BCUT2D eigenvalue weighted by molar-refractivity contribution is -0.114. The number of hydrogen-bond acceptors (Lipinski definition) is 4. The molecular weight excluding hydrogens is 500 g/mol. The van der Waals surface area contributed by atoms with Gasteiger partial charge in [0.25, 0.3) is 5.91 Å². The molecule has 6 heteroatoms. The van der Waals surface area contributed by atoms with E-state index in [1.807, 2.05) is 108 Å². The summed E-state index contributed by atoms with van der Waals surface area (Å²) in [6.07, 6.45) is 3.90. The molecule has 0 aliphatic carbocycles. The van der Waals surface area contributed by atoms with Crippen molar-refractivity contribution >= 4 is 35.1 Å². The molecule has 4 aromatic carbocycles. The average molecular weight is 527 g/mol. The summed E-state index contributed by atoms with van der Waals surface area (Å²) in [6, 6.07) is 37.8. The molecule has 0 saturated carbocycles. The van der Waals surface area contributed by atoms with Gasteiger partial charge in [-0.15, -0.1) is 11.8 Å². The summed E-state index contributed by atoms with van der Waals surface area (Å²) in [6.45, 7) is 2.15. The highest BCUT2D eigenvalue weighted by molar-refractivity contribution is 7.99. The SMILES string of the molecule is CCSc1ccc(-c2nn(-c3ccccc3)cc2C=C2C(=O)N(c3ccccc3)N=C2c2ccccc2)cc1. The summed E-state index contributed by atoms with van der Waals surface area (Å²) in [4.78, 5) is 15.1. The first kappa shape index (κ1) is 24.6. The molecule has 5 aromatic rings. The zero-order valence-corrected chi connectivity index (χ0v) is 22.3. The number of thioether (sulfide) groups is 1. The number of benzene rings is 4. The van der Waals surface area contributed by atoms with Crippen molar-refractivity contribution in [3.05, 3.63) is 138 Å². The summed E-state index contributed by atoms with van der Waals surface area (Å²) < 4.78 is 1.87. The van der Waals surface area contributed by atoms with E-state index in [9.17, 15) is 4.79 Å². The van der Waals surface area contributed by atoms with Gasteiger partial charge in [0, 0.05) is 27.8 Å². The van der Waals surface area contributed by atoms with E-state index in [1.54, 1.807) is 11.8 Å². The molecule has 0 N–H and O–H groups in total. The highest BCUT2D eigenvalue weighted by Gasteiger charge is 2.32. The van der Waals surface area contributed by atoms with Crippen molar-refractivity contribution in [1.29, 1.82) is 0 Å². The van der Waals surface area contributed by atoms with Crippen molar-refractivity contribution in [2.24, 2.45) is 5.10 Å². The van der Waals surface area contributed by atoms with Gasteiger partial charge in [-0.3, -0.25) is 4.79 Å². The molecule has 190 valence electrons. The fourth-order valence-corrected chi connectivity index (χ4v) is 5.22. The standard InChI is InChI=1S/C33H26N4OS/c1-2-39-29-20-18-25(19-21-29)31-26(23-36(34-31)27-14-8-4-9-15-27)22-30-32(24-12-6-3-7-13-24)35-37(33(30)38)28-16-10-5-11-17-28/h3-23H,2H2,1H3. The van der Waals surface area contributed by atoms with Gasteiger partial charge >= 0.3 is 0 Å². The Labute approximate surface area is 232 Å². The van der Waals surface area contributed by atoms with E-state index in [0.29, 0.717) is 11.3 Å². The number of nitrogens with zero attached hydrogens (tertiary/aromatic N) is 4. The third kappa shape index (κ3) is 5.07. The Morgan fingerprint density at radius 3 is 2.00 bits per heavy atom. The summed E-state index contributed by atoms with van der Waals surface area (Å²) in [5.41, 5.74) is 6.35. The molecule has 39 heavy (non-hydrogen) atoms. The summed E-state index contributed by atoms with van der Waals surface area (Å²) in [5, 5.41) is 11.2. The molecule has 0 saturated heterocycles. The van der Waals surface area contributed by atoms with Crippen LogP contribution < -0.4 is 5.01 Å². The van der Waals surface area contributed by atoms with Crippen molar-refractivity contribution in [2.75, 3.05) is 10.8 Å². The minimum absolute atomic E-state index is 0.173. The second-order valence-corrected chi connectivity index (χ2v) is 10.3. The second kappa shape index (κ2) is 11.0. The summed E-state index contributed by atoms with van der Waals surface area (Å²) >= 11 is 1.80. The van der Waals surface area contributed by atoms with Gasteiger partial charge in [-0.25, -0.2) is 4.68 Å². The van der Waals surface area contributed by atoms with Gasteiger partial charge < -0.3 is 0 Å². The van der Waals surface area contributed by atoms with Gasteiger partial charge in [0.15, 0.2) is 0 Å². The Balaban J connectivity index is 1.50. The Bertz CT molecular complexity index is 1660. The minimum Gasteiger partial charge on any atom is -0.267 e. The molecule has 5 nitrogen and oxygen atoms in total. The summed E-state index contributed by atoms with van der Waals surface area (Å²) in [5.74, 6) is 0.842. The van der Waals surface area contributed by atoms with Crippen LogP contribution in [0.2, 0.25) is 0 Å². The lowest BCUT2D eigenvalue weighted by atomic mass is 9.99. The van der Waals surface area contributed by atoms with Crippen LogP contribution in [0.3, 0.4) is 0 Å². The van der Waals surface area contributed by atoms with Gasteiger partial charge in [0.1, 0.15) is 5.71 Å². The number of aromatic nitrogens is 2. The van der Waals surface area contributed by atoms with Gasteiger partial charge in [-0.05, 0) is 48.2 Å². The molecule has 1 aromatic heterocycles. The van der Waals surface area contributed by atoms with Crippen molar-refractivity contribution in [2.45, 2.75) is 11.8 Å². The Hall–Kier alpha value is -4.68. The summed E-state index contributed by atoms with van der Waals surface area (Å²) in [7, 11) is 0. The van der Waals surface area contributed by atoms with Gasteiger partial charge in [-0.1, -0.05) is 85.8 Å². The maximum atomic E-state index is 13.8. The highest BCUT2D eigenvalue weighted by Crippen LogP contribution is 2.32. The molecule has 1 amide bonds. The van der Waals surface area contributed by atoms with Crippen molar-refractivity contribution in [3.8, 4) is 16.9 Å². The van der Waals surface area contributed by atoms with Gasteiger partial charge in [0.05, 0.1) is 22.6 Å². The van der Waals surface area contributed by atoms with E-state index in [2.05, 4.69) is 31.2 Å². The molecule has 0 bridgehead atoms. The zero-order valence-electron chi connectivity index (χ0n) is 21.4. The predicted molar refractivity (Wildman–Crippen MR) is 160 cm³/mol. The number of hydrazone groups is 1. The number of hydrogen-bond donors (Lipinski definition) is 0. The number of rotatable bonds is 7. The Kier molecular flexibility index (Phi) is 6.93. The smallest absolute Gasteiger partial charge is 0.267 e. The van der Waals surface area contributed by atoms with Gasteiger partial charge in [0.2, 0.25) is 0 Å². The van der Waals surface area contributed by atoms with E-state index < -0.39 is 0 Å². The monoisotopic (exact) mass is 526 g/mol. The molecule has 0 spiro atoms. The van der Waals surface area contributed by atoms with E-state index in [-0.39, 0.29) is 5.91 Å². The third-order valence-corrected chi connectivity index (χ3v) is 7.32. The first-order valence-corrected chi connectivity index (χ1v) is 13.8. The average Bonchev–Trinajstić information content (AvgIpc) is 3.56. The number of para-hydroxylation sites is 2. The van der Waals surface area contributed by atoms with Crippen LogP contribution in [0.4, 0.5) is 5.69 Å². The predicted octanol–water partition coefficient (Wildman–Crippen LogP) is 7.49. The van der Waals surface area contributed by atoms with Crippen LogP contribution in [-0.2, 0) is 4.79 Å². The molecule has 1 aliphatic heterocycles. The number of anilines is 1. The number of amides is 1. The van der Waals surface area contributed by atoms with Crippen LogP contribution in [0.5, 0.6) is 0 Å². The van der Waals surface area contributed by atoms with Crippen LogP contribution in [0.25, 0.3) is 23.0 Å². The van der Waals surface area contributed by atoms with Crippen molar-refractivity contribution in [1.82, 2.24) is 9.78 Å². The third-order valence-electron chi connectivity index (χ3n) is 6.43. The zero-order chi connectivity index (χ0) is 26.6. The molecule has 2 heterocycles. The molecule has 6 rings (SSSR count). The Morgan fingerprint density at radius 1 is 0.744 bits per heavy atom. The molecule has 0 unspecified atom stereocenters. The number of carbonyl (C=O) groups is 1. The Morgan fingerprint density at radius 2 is 1.36 bits per heavy atom. The largest absolute Gasteiger partial charge is 0.281 e. The van der Waals surface area contributed by atoms with E-state index in [0.717, 1.165) is 39.5 Å². The first-order chi connectivity index (χ1) is 19.2. The lowest BCUT2D eigenvalue weighted by Gasteiger charge is -2.10. The fraction of sp³-hybridized carbons (Fsp3) is 0.0606. The first-order valence-electron chi connectivity index (χ1n) is 12.8. The normalized spacial score (nSPS) is 14.2. The van der Waals surface area contributed by atoms with E-state index >= 15 is 0 Å². The number of carbonyl (C=O) groups excluding carboxylic acids is 1. The van der Waals surface area contributed by atoms with Gasteiger partial charge in [-0.2, -0.15) is 15.2 Å². The van der Waals surface area contributed by atoms with Crippen LogP contribution in [0, 0.1) is 0 Å². The van der Waals surface area contributed by atoms with E-state index in [4.69, 9.17) is 10.2 Å². The molecule has 0 atom stereocenters. The minimum atomic E-state index is -0.173. The van der Waals surface area contributed by atoms with Crippen molar-refractivity contribution in [3.63, 3.8) is 0 Å². The van der Waals surface area contributed by atoms with Crippen LogP contribution in [-0.4, -0.2) is 27.2 Å². The van der Waals surface area contributed by atoms with Crippen molar-refractivity contribution < 1.29 is 4.79 Å². The topological polar surface area (TPSA) is 50.5 Å².